The van der Waals surface area contributed by atoms with Gasteiger partial charge in [-0.3, -0.25) is 0 Å². The SMILES string of the molecule is CC1=C(C)C(C)C(c2ccccc2C[N-]C(C)(C)C)=C1C.[Cl-].[Cl-].[Ti+3]. The Hall–Kier alpha value is -0.0457. The molecule has 0 N–H and O–H groups in total. The molecule has 1 aliphatic carbocycles. The minimum atomic E-state index is 0. The maximum absolute atomic E-state index is 4.81. The maximum atomic E-state index is 4.81. The van der Waals surface area contributed by atoms with Crippen molar-refractivity contribution < 1.29 is 46.5 Å². The van der Waals surface area contributed by atoms with Crippen LogP contribution >= 0.6 is 0 Å². The van der Waals surface area contributed by atoms with Crippen molar-refractivity contribution in [2.75, 3.05) is 0 Å². The predicted octanol–water partition coefficient (Wildman–Crippen LogP) is 0.124. The molecule has 4 heteroatoms. The van der Waals surface area contributed by atoms with Gasteiger partial charge in [-0.2, -0.15) is 0 Å². The first-order chi connectivity index (χ1) is 9.72. The standard InChI is InChI=1S/C20H28N.2ClH.Ti/c1-13-14(2)16(4)19(15(13)3)18-11-9-8-10-17(18)12-21-20(5,6)7;;;/h8-11,15H,12H2,1-7H3;2*1H;/q-1;;;+3/p-2. The Morgan fingerprint density at radius 3 is 1.96 bits per heavy atom. The van der Waals surface area contributed by atoms with Gasteiger partial charge in [-0.25, -0.2) is 0 Å². The largest absolute Gasteiger partial charge is 3.00 e. The molecule has 0 saturated heterocycles. The van der Waals surface area contributed by atoms with Gasteiger partial charge in [-0.05, 0) is 43.1 Å². The van der Waals surface area contributed by atoms with Crippen LogP contribution in [0.1, 0.15) is 59.6 Å². The van der Waals surface area contributed by atoms with Crippen LogP contribution in [-0.4, -0.2) is 5.54 Å². The third-order valence-electron chi connectivity index (χ3n) is 4.67. The van der Waals surface area contributed by atoms with Gasteiger partial charge < -0.3 is 30.1 Å². The van der Waals surface area contributed by atoms with E-state index < -0.39 is 0 Å². The second-order valence-corrected chi connectivity index (χ2v) is 7.21. The maximum Gasteiger partial charge on any atom is 3.00 e. The molecule has 1 unspecified atom stereocenters. The first-order valence-corrected chi connectivity index (χ1v) is 7.88. The number of rotatable bonds is 3. The summed E-state index contributed by atoms with van der Waals surface area (Å²) in [5.74, 6) is 0.515. The Kier molecular flexibility index (Phi) is 11.1. The monoisotopic (exact) mass is 400 g/mol. The fourth-order valence-corrected chi connectivity index (χ4v) is 3.04. The number of benzene rings is 1. The summed E-state index contributed by atoms with van der Waals surface area (Å²) in [6, 6.07) is 8.75. The molecule has 1 aliphatic rings. The second-order valence-electron chi connectivity index (χ2n) is 7.21. The van der Waals surface area contributed by atoms with Gasteiger partial charge >= 0.3 is 21.7 Å². The molecule has 0 fully saturated rings. The molecular formula is C20H28Cl2NTi. The molecule has 1 radical (unpaired) electrons. The average Bonchev–Trinajstić information content (AvgIpc) is 2.61. The number of hydrogen-bond acceptors (Lipinski definition) is 0. The quantitative estimate of drug-likeness (QED) is 0.640. The van der Waals surface area contributed by atoms with Crippen molar-refractivity contribution in [2.45, 2.75) is 60.5 Å². The molecule has 2 rings (SSSR count). The van der Waals surface area contributed by atoms with E-state index in [1.807, 2.05) is 0 Å². The third kappa shape index (κ3) is 5.75. The number of hydrogen-bond donors (Lipinski definition) is 0. The van der Waals surface area contributed by atoms with Gasteiger partial charge in [0.25, 0.3) is 0 Å². The summed E-state index contributed by atoms with van der Waals surface area (Å²) >= 11 is 0. The van der Waals surface area contributed by atoms with Gasteiger partial charge in [0.2, 0.25) is 0 Å². The Bertz CT molecular complexity index is 612. The first kappa shape index (κ1) is 26.2. The van der Waals surface area contributed by atoms with Crippen molar-refractivity contribution in [1.82, 2.24) is 0 Å². The zero-order chi connectivity index (χ0) is 15.8. The fraction of sp³-hybridized carbons (Fsp3) is 0.500. The Balaban J connectivity index is 0. The third-order valence-corrected chi connectivity index (χ3v) is 4.67. The van der Waals surface area contributed by atoms with E-state index in [9.17, 15) is 0 Å². The first-order valence-electron chi connectivity index (χ1n) is 7.88. The van der Waals surface area contributed by atoms with E-state index in [0.29, 0.717) is 5.92 Å². The van der Waals surface area contributed by atoms with Crippen LogP contribution in [0.3, 0.4) is 0 Å². The van der Waals surface area contributed by atoms with Crippen LogP contribution in [0, 0.1) is 5.92 Å². The van der Waals surface area contributed by atoms with Crippen molar-refractivity contribution in [3.05, 3.63) is 57.4 Å². The summed E-state index contributed by atoms with van der Waals surface area (Å²) in [4.78, 5) is 0. The number of allylic oxidation sites excluding steroid dienone is 4. The summed E-state index contributed by atoms with van der Waals surface area (Å²) in [6.07, 6.45) is 0. The van der Waals surface area contributed by atoms with Gasteiger partial charge in [0.15, 0.2) is 0 Å². The zero-order valence-electron chi connectivity index (χ0n) is 15.8. The number of nitrogens with zero attached hydrogens (tertiary/aromatic N) is 1. The molecule has 1 aromatic rings. The molecule has 0 spiro atoms. The Morgan fingerprint density at radius 2 is 1.50 bits per heavy atom. The fourth-order valence-electron chi connectivity index (χ4n) is 3.04. The van der Waals surface area contributed by atoms with Crippen molar-refractivity contribution in [2.24, 2.45) is 5.92 Å². The van der Waals surface area contributed by atoms with E-state index in [4.69, 9.17) is 5.32 Å². The van der Waals surface area contributed by atoms with E-state index in [-0.39, 0.29) is 52.1 Å². The van der Waals surface area contributed by atoms with Gasteiger partial charge in [-0.15, -0.1) is 12.1 Å². The van der Waals surface area contributed by atoms with Crippen LogP contribution in [0.4, 0.5) is 0 Å². The smallest absolute Gasteiger partial charge is 1.00 e. The summed E-state index contributed by atoms with van der Waals surface area (Å²) in [5.41, 5.74) is 8.64. The molecule has 1 aromatic carbocycles. The van der Waals surface area contributed by atoms with Crippen molar-refractivity contribution in [1.29, 1.82) is 0 Å². The summed E-state index contributed by atoms with van der Waals surface area (Å²) in [6.45, 7) is 16.4. The Morgan fingerprint density at radius 1 is 0.958 bits per heavy atom. The van der Waals surface area contributed by atoms with Gasteiger partial charge in [0.05, 0.1) is 0 Å². The van der Waals surface area contributed by atoms with E-state index in [1.165, 1.54) is 33.4 Å². The van der Waals surface area contributed by atoms with E-state index in [2.05, 4.69) is 72.7 Å². The van der Waals surface area contributed by atoms with Crippen LogP contribution in [-0.2, 0) is 28.3 Å². The van der Waals surface area contributed by atoms with Crippen LogP contribution in [0.5, 0.6) is 0 Å². The van der Waals surface area contributed by atoms with E-state index in [1.54, 1.807) is 0 Å². The van der Waals surface area contributed by atoms with Crippen molar-refractivity contribution >= 4 is 5.57 Å². The normalized spacial score (nSPS) is 17.2. The van der Waals surface area contributed by atoms with Crippen LogP contribution in [0.15, 0.2) is 41.0 Å². The van der Waals surface area contributed by atoms with Crippen LogP contribution in [0.25, 0.3) is 10.9 Å². The molecular weight excluding hydrogens is 373 g/mol. The van der Waals surface area contributed by atoms with Crippen LogP contribution in [0.2, 0.25) is 0 Å². The molecule has 0 saturated carbocycles. The average molecular weight is 401 g/mol. The number of halogens is 2. The van der Waals surface area contributed by atoms with Crippen molar-refractivity contribution in [3.8, 4) is 0 Å². The molecule has 0 aromatic heterocycles. The van der Waals surface area contributed by atoms with Crippen LogP contribution < -0.4 is 24.8 Å². The molecule has 0 heterocycles. The molecule has 1 nitrogen and oxygen atoms in total. The predicted molar refractivity (Wildman–Crippen MR) is 93.4 cm³/mol. The van der Waals surface area contributed by atoms with Crippen molar-refractivity contribution in [3.63, 3.8) is 0 Å². The minimum Gasteiger partial charge on any atom is -1.00 e. The topological polar surface area (TPSA) is 14.1 Å². The molecule has 24 heavy (non-hydrogen) atoms. The minimum absolute atomic E-state index is 0. The van der Waals surface area contributed by atoms with E-state index in [0.717, 1.165) is 6.54 Å². The summed E-state index contributed by atoms with van der Waals surface area (Å²) in [5, 5.41) is 4.81. The Labute approximate surface area is 175 Å². The molecule has 131 valence electrons. The second kappa shape index (κ2) is 10.2. The van der Waals surface area contributed by atoms with E-state index >= 15 is 0 Å². The summed E-state index contributed by atoms with van der Waals surface area (Å²) in [7, 11) is 0. The molecule has 0 bridgehead atoms. The molecule has 0 aliphatic heterocycles. The van der Waals surface area contributed by atoms with Gasteiger partial charge in [0, 0.05) is 5.92 Å². The van der Waals surface area contributed by atoms with Gasteiger partial charge in [0.1, 0.15) is 0 Å². The zero-order valence-corrected chi connectivity index (χ0v) is 18.9. The molecule has 1 atom stereocenters. The molecule has 0 amide bonds. The summed E-state index contributed by atoms with van der Waals surface area (Å²) < 4.78 is 0. The van der Waals surface area contributed by atoms with Gasteiger partial charge in [-0.1, -0.05) is 63.1 Å².